The summed E-state index contributed by atoms with van der Waals surface area (Å²) in [7, 11) is 0. The van der Waals surface area contributed by atoms with Gasteiger partial charge >= 0.3 is 5.97 Å². The van der Waals surface area contributed by atoms with Gasteiger partial charge in [-0.25, -0.2) is 9.79 Å². The van der Waals surface area contributed by atoms with Crippen LogP contribution in [0.3, 0.4) is 0 Å². The number of hydrogen-bond acceptors (Lipinski definition) is 6. The molecule has 3 aromatic carbocycles. The van der Waals surface area contributed by atoms with E-state index in [4.69, 9.17) is 4.74 Å². The number of amidine groups is 1. The average Bonchev–Trinajstić information content (AvgIpc) is 2.72. The van der Waals surface area contributed by atoms with E-state index in [1.54, 1.807) is 6.92 Å². The lowest BCUT2D eigenvalue weighted by molar-refractivity contribution is -0.134. The van der Waals surface area contributed by atoms with Crippen LogP contribution in [-0.4, -0.2) is 24.1 Å². The van der Waals surface area contributed by atoms with Crippen molar-refractivity contribution in [1.82, 2.24) is 0 Å². The minimum absolute atomic E-state index is 0.196. The molecule has 0 unspecified atom stereocenters. The first-order valence-corrected chi connectivity index (χ1v) is 8.78. The van der Waals surface area contributed by atoms with E-state index >= 15 is 0 Å². The van der Waals surface area contributed by atoms with Gasteiger partial charge in [-0.1, -0.05) is 42.5 Å². The van der Waals surface area contributed by atoms with Crippen molar-refractivity contribution in [1.29, 1.82) is 0 Å². The van der Waals surface area contributed by atoms with Crippen LogP contribution in [0.4, 0.5) is 22.7 Å². The predicted molar refractivity (Wildman–Crippen MR) is 107 cm³/mol. The monoisotopic (exact) mass is 356 g/mol. The number of ether oxygens (including phenoxy) is 1. The lowest BCUT2D eigenvalue weighted by Gasteiger charge is -2.35. The van der Waals surface area contributed by atoms with E-state index in [9.17, 15) is 4.79 Å². The van der Waals surface area contributed by atoms with Gasteiger partial charge in [0.25, 0.3) is 0 Å². The van der Waals surface area contributed by atoms with E-state index in [0.717, 1.165) is 27.8 Å². The van der Waals surface area contributed by atoms with Gasteiger partial charge in [0.05, 0.1) is 29.4 Å². The molecule has 2 aliphatic heterocycles. The summed E-state index contributed by atoms with van der Waals surface area (Å²) in [5.41, 5.74) is 6.67. The molecule has 0 amide bonds. The maximum atomic E-state index is 12.6. The zero-order valence-corrected chi connectivity index (χ0v) is 14.6. The van der Waals surface area contributed by atoms with Crippen molar-refractivity contribution in [3.63, 3.8) is 0 Å². The fourth-order valence-corrected chi connectivity index (χ4v) is 3.50. The van der Waals surface area contributed by atoms with Crippen LogP contribution in [-0.2, 0) is 9.53 Å². The van der Waals surface area contributed by atoms with Crippen LogP contribution in [0.5, 0.6) is 0 Å². The van der Waals surface area contributed by atoms with E-state index in [1.165, 1.54) is 0 Å². The highest BCUT2D eigenvalue weighted by atomic mass is 16.5. The Balaban J connectivity index is 1.80. The Bertz CT molecular complexity index is 1150. The molecule has 6 heteroatoms. The van der Waals surface area contributed by atoms with Crippen LogP contribution < -0.4 is 10.3 Å². The molecule has 2 aliphatic rings. The number of hydrogen-bond donors (Lipinski definition) is 1. The van der Waals surface area contributed by atoms with Gasteiger partial charge < -0.3 is 4.74 Å². The first-order valence-electron chi connectivity index (χ1n) is 8.78. The summed E-state index contributed by atoms with van der Waals surface area (Å²) in [6.07, 6.45) is 0. The van der Waals surface area contributed by atoms with Gasteiger partial charge in [0.1, 0.15) is 0 Å². The highest BCUT2D eigenvalue weighted by Crippen LogP contribution is 2.46. The Morgan fingerprint density at radius 2 is 1.89 bits per heavy atom. The SMILES string of the molecule is CCOC(=O)C1=Nc2ccccc2N2C1=NNc1ccc3ccccc3c12. The van der Waals surface area contributed by atoms with Crippen molar-refractivity contribution in [3.05, 3.63) is 60.7 Å². The summed E-state index contributed by atoms with van der Waals surface area (Å²) in [6, 6.07) is 19.9. The molecule has 0 aromatic heterocycles. The molecule has 0 fully saturated rings. The third-order valence-corrected chi connectivity index (χ3v) is 4.65. The first-order chi connectivity index (χ1) is 13.3. The fourth-order valence-electron chi connectivity index (χ4n) is 3.50. The number of fused-ring (bicyclic) bond motifs is 7. The molecule has 27 heavy (non-hydrogen) atoms. The molecule has 0 atom stereocenters. The van der Waals surface area contributed by atoms with Gasteiger partial charge in [0.15, 0.2) is 11.5 Å². The zero-order valence-electron chi connectivity index (χ0n) is 14.6. The molecule has 5 rings (SSSR count). The smallest absolute Gasteiger partial charge is 0.360 e. The van der Waals surface area contributed by atoms with E-state index in [1.807, 2.05) is 47.4 Å². The maximum Gasteiger partial charge on any atom is 0.360 e. The van der Waals surface area contributed by atoms with E-state index < -0.39 is 5.97 Å². The molecule has 2 heterocycles. The second-order valence-corrected chi connectivity index (χ2v) is 6.24. The Kier molecular flexibility index (Phi) is 3.43. The molecule has 3 aromatic rings. The van der Waals surface area contributed by atoms with Gasteiger partial charge in [0.2, 0.25) is 0 Å². The summed E-state index contributed by atoms with van der Waals surface area (Å²) >= 11 is 0. The van der Waals surface area contributed by atoms with Gasteiger partial charge in [-0.2, -0.15) is 5.10 Å². The van der Waals surface area contributed by atoms with Crippen molar-refractivity contribution in [3.8, 4) is 0 Å². The first kappa shape index (κ1) is 15.6. The molecular weight excluding hydrogens is 340 g/mol. The van der Waals surface area contributed by atoms with Crippen LogP contribution in [0.15, 0.2) is 70.8 Å². The Labute approximate surface area is 155 Å². The number of para-hydroxylation sites is 2. The van der Waals surface area contributed by atoms with Gasteiger partial charge in [-0.05, 0) is 30.5 Å². The highest BCUT2D eigenvalue weighted by Gasteiger charge is 2.36. The number of aliphatic imine (C=N–C) groups is 1. The van der Waals surface area contributed by atoms with Crippen LogP contribution in [0, 0.1) is 0 Å². The zero-order chi connectivity index (χ0) is 18.4. The molecule has 0 aliphatic carbocycles. The van der Waals surface area contributed by atoms with Crippen molar-refractivity contribution in [2.75, 3.05) is 16.9 Å². The van der Waals surface area contributed by atoms with Crippen molar-refractivity contribution in [2.45, 2.75) is 6.92 Å². The number of carbonyl (C=O) groups is 1. The maximum absolute atomic E-state index is 12.6. The van der Waals surface area contributed by atoms with E-state index in [-0.39, 0.29) is 12.3 Å². The fraction of sp³-hybridized carbons (Fsp3) is 0.0952. The quantitative estimate of drug-likeness (QED) is 0.693. The number of benzene rings is 3. The lowest BCUT2D eigenvalue weighted by atomic mass is 10.0. The van der Waals surface area contributed by atoms with Gasteiger partial charge in [-0.3, -0.25) is 10.3 Å². The topological polar surface area (TPSA) is 66.3 Å². The number of hydrazone groups is 1. The minimum Gasteiger partial charge on any atom is -0.461 e. The van der Waals surface area contributed by atoms with Gasteiger partial charge in [-0.15, -0.1) is 0 Å². The molecular formula is C21H16N4O2. The largest absolute Gasteiger partial charge is 0.461 e. The van der Waals surface area contributed by atoms with Crippen molar-refractivity contribution < 1.29 is 9.53 Å². The normalized spacial score (nSPS) is 14.3. The molecule has 0 spiro atoms. The lowest BCUT2D eigenvalue weighted by Crippen LogP contribution is -2.43. The summed E-state index contributed by atoms with van der Waals surface area (Å²) in [5.74, 6) is -0.0442. The second kappa shape index (κ2) is 5.95. The minimum atomic E-state index is -0.485. The number of anilines is 3. The predicted octanol–water partition coefficient (Wildman–Crippen LogP) is 4.37. The van der Waals surface area contributed by atoms with Crippen LogP contribution >= 0.6 is 0 Å². The molecule has 6 nitrogen and oxygen atoms in total. The summed E-state index contributed by atoms with van der Waals surface area (Å²) in [4.78, 5) is 19.1. The third-order valence-electron chi connectivity index (χ3n) is 4.65. The average molecular weight is 356 g/mol. The number of nitrogens with zero attached hydrogens (tertiary/aromatic N) is 3. The molecule has 0 radical (unpaired) electrons. The summed E-state index contributed by atoms with van der Waals surface area (Å²) in [5, 5.41) is 6.62. The molecule has 132 valence electrons. The molecule has 0 saturated heterocycles. The molecule has 0 bridgehead atoms. The van der Waals surface area contributed by atoms with Crippen LogP contribution in [0.2, 0.25) is 0 Å². The molecule has 1 N–H and O–H groups in total. The van der Waals surface area contributed by atoms with Crippen molar-refractivity contribution in [2.24, 2.45) is 10.1 Å². The summed E-state index contributed by atoms with van der Waals surface area (Å²) < 4.78 is 5.22. The van der Waals surface area contributed by atoms with E-state index in [0.29, 0.717) is 11.5 Å². The molecule has 0 saturated carbocycles. The van der Waals surface area contributed by atoms with Crippen molar-refractivity contribution >= 4 is 51.0 Å². The van der Waals surface area contributed by atoms with Crippen LogP contribution in [0.25, 0.3) is 10.8 Å². The Hall–Kier alpha value is -3.67. The standard InChI is InChI=1S/C21H16N4O2/c1-2-27-21(26)18-20-24-23-16-12-11-13-7-3-4-8-14(13)19(16)25(20)17-10-6-5-9-15(17)22-18/h3-12,23H,2H2,1H3. The number of rotatable bonds is 2. The Morgan fingerprint density at radius 1 is 1.07 bits per heavy atom. The highest BCUT2D eigenvalue weighted by molar-refractivity contribution is 6.70. The summed E-state index contributed by atoms with van der Waals surface area (Å²) in [6.45, 7) is 2.05. The number of carbonyl (C=O) groups excluding carboxylic acids is 1. The Morgan fingerprint density at radius 3 is 2.78 bits per heavy atom. The third kappa shape index (κ3) is 2.30. The van der Waals surface area contributed by atoms with Gasteiger partial charge in [0, 0.05) is 5.39 Å². The van der Waals surface area contributed by atoms with Crippen LogP contribution in [0.1, 0.15) is 6.92 Å². The number of nitrogens with one attached hydrogen (secondary N) is 1. The number of esters is 1. The second-order valence-electron chi connectivity index (χ2n) is 6.24. The van der Waals surface area contributed by atoms with E-state index in [2.05, 4.69) is 33.7 Å².